The molecule has 0 bridgehead atoms. The first kappa shape index (κ1) is 16.7. The van der Waals surface area contributed by atoms with Crippen LogP contribution in [-0.2, 0) is 21.3 Å². The van der Waals surface area contributed by atoms with E-state index >= 15 is 0 Å². The number of aromatic carboxylic acids is 1. The first-order valence-corrected chi connectivity index (χ1v) is 9.37. The van der Waals surface area contributed by atoms with E-state index in [4.69, 9.17) is 5.11 Å². The maximum atomic E-state index is 12.6. The quantitative estimate of drug-likeness (QED) is 0.843. The maximum Gasteiger partial charge on any atom is 0.335 e. The molecule has 6 heteroatoms. The Bertz CT molecular complexity index is 885. The minimum atomic E-state index is -3.58. The van der Waals surface area contributed by atoms with Gasteiger partial charge in [0.05, 0.1) is 16.9 Å². The summed E-state index contributed by atoms with van der Waals surface area (Å²) in [7, 11) is -3.58. The smallest absolute Gasteiger partial charge is 0.335 e. The zero-order chi connectivity index (χ0) is 17.4. The van der Waals surface area contributed by atoms with Crippen LogP contribution in [0.25, 0.3) is 0 Å². The molecule has 5 nitrogen and oxygen atoms in total. The van der Waals surface area contributed by atoms with Gasteiger partial charge >= 0.3 is 5.97 Å². The van der Waals surface area contributed by atoms with Crippen molar-refractivity contribution in [1.82, 2.24) is 4.72 Å². The number of sulfonamides is 1. The second-order valence-electron chi connectivity index (χ2n) is 6.26. The highest BCUT2D eigenvalue weighted by Crippen LogP contribution is 2.47. The molecule has 3 rings (SSSR count). The Kier molecular flexibility index (Phi) is 4.19. The largest absolute Gasteiger partial charge is 0.478 e. The second-order valence-corrected chi connectivity index (χ2v) is 7.99. The molecule has 1 saturated carbocycles. The van der Waals surface area contributed by atoms with Gasteiger partial charge in [-0.05, 0) is 48.6 Å². The van der Waals surface area contributed by atoms with E-state index in [1.54, 1.807) is 12.1 Å². The number of rotatable bonds is 6. The van der Waals surface area contributed by atoms with Crippen molar-refractivity contribution >= 4 is 16.0 Å². The summed E-state index contributed by atoms with van der Waals surface area (Å²) < 4.78 is 27.9. The molecule has 0 heterocycles. The van der Waals surface area contributed by atoms with Crippen LogP contribution in [0.4, 0.5) is 0 Å². The molecule has 0 spiro atoms. The fourth-order valence-electron chi connectivity index (χ4n) is 3.01. The Hall–Kier alpha value is -2.18. The standard InChI is InChI=1S/C18H19NO4S/c1-13-5-2-3-8-16(13)18(9-10-18)19-24(22,23)12-14-6-4-7-15(11-14)17(20)21/h2-8,11,19H,9-10,12H2,1H3,(H,20,21). The lowest BCUT2D eigenvalue weighted by Gasteiger charge is -2.20. The van der Waals surface area contributed by atoms with Gasteiger partial charge in [0, 0.05) is 0 Å². The van der Waals surface area contributed by atoms with Gasteiger partial charge in [0.25, 0.3) is 0 Å². The molecule has 0 aromatic heterocycles. The zero-order valence-electron chi connectivity index (χ0n) is 13.3. The summed E-state index contributed by atoms with van der Waals surface area (Å²) in [6.45, 7) is 1.97. The molecule has 0 atom stereocenters. The lowest BCUT2D eigenvalue weighted by molar-refractivity contribution is 0.0696. The topological polar surface area (TPSA) is 83.5 Å². The summed E-state index contributed by atoms with van der Waals surface area (Å²) >= 11 is 0. The van der Waals surface area contributed by atoms with E-state index in [2.05, 4.69) is 4.72 Å². The second kappa shape index (κ2) is 6.03. The first-order valence-electron chi connectivity index (χ1n) is 7.71. The number of benzene rings is 2. The Morgan fingerprint density at radius 3 is 2.50 bits per heavy atom. The van der Waals surface area contributed by atoms with Crippen molar-refractivity contribution in [3.05, 3.63) is 70.8 Å². The average Bonchev–Trinajstić information content (AvgIpc) is 3.27. The van der Waals surface area contributed by atoms with Gasteiger partial charge in [-0.25, -0.2) is 17.9 Å². The van der Waals surface area contributed by atoms with E-state index in [-0.39, 0.29) is 11.3 Å². The van der Waals surface area contributed by atoms with Crippen molar-refractivity contribution in [1.29, 1.82) is 0 Å². The molecule has 0 amide bonds. The van der Waals surface area contributed by atoms with Crippen LogP contribution in [0.2, 0.25) is 0 Å². The van der Waals surface area contributed by atoms with Crippen LogP contribution in [0, 0.1) is 6.92 Å². The molecule has 126 valence electrons. The summed E-state index contributed by atoms with van der Waals surface area (Å²) in [5, 5.41) is 9.02. The molecular formula is C18H19NO4S. The normalized spacial score (nSPS) is 15.9. The fourth-order valence-corrected chi connectivity index (χ4v) is 4.61. The predicted molar refractivity (Wildman–Crippen MR) is 91.3 cm³/mol. The number of hydrogen-bond donors (Lipinski definition) is 2. The molecule has 1 aliphatic rings. The number of hydrogen-bond acceptors (Lipinski definition) is 3. The van der Waals surface area contributed by atoms with Gasteiger partial charge < -0.3 is 5.11 Å². The molecular weight excluding hydrogens is 326 g/mol. The predicted octanol–water partition coefficient (Wildman–Crippen LogP) is 2.80. The molecule has 24 heavy (non-hydrogen) atoms. The number of nitrogens with one attached hydrogen (secondary N) is 1. The lowest BCUT2D eigenvalue weighted by Crippen LogP contribution is -2.36. The van der Waals surface area contributed by atoms with Gasteiger partial charge in [-0.1, -0.05) is 36.4 Å². The third kappa shape index (κ3) is 3.49. The van der Waals surface area contributed by atoms with Crippen molar-refractivity contribution in [2.24, 2.45) is 0 Å². The summed E-state index contributed by atoms with van der Waals surface area (Å²) in [4.78, 5) is 11.0. The van der Waals surface area contributed by atoms with Gasteiger partial charge in [-0.15, -0.1) is 0 Å². The van der Waals surface area contributed by atoms with E-state index in [9.17, 15) is 13.2 Å². The molecule has 2 N–H and O–H groups in total. The summed E-state index contributed by atoms with van der Waals surface area (Å²) in [6.07, 6.45) is 1.54. The van der Waals surface area contributed by atoms with E-state index in [0.717, 1.165) is 24.0 Å². The highest BCUT2D eigenvalue weighted by Gasteiger charge is 2.47. The zero-order valence-corrected chi connectivity index (χ0v) is 14.1. The van der Waals surface area contributed by atoms with Crippen LogP contribution in [0.5, 0.6) is 0 Å². The van der Waals surface area contributed by atoms with Gasteiger partial charge in [0.2, 0.25) is 10.0 Å². The number of carbonyl (C=O) groups is 1. The first-order chi connectivity index (χ1) is 11.3. The molecule has 0 radical (unpaired) electrons. The van der Waals surface area contributed by atoms with Crippen LogP contribution in [0.15, 0.2) is 48.5 Å². The molecule has 0 unspecified atom stereocenters. The van der Waals surface area contributed by atoms with Crippen molar-refractivity contribution < 1.29 is 18.3 Å². The number of carboxylic acid groups (broad SMARTS) is 1. The summed E-state index contributed by atoms with van der Waals surface area (Å²) in [5.74, 6) is -1.30. The average molecular weight is 345 g/mol. The molecule has 1 fully saturated rings. The molecule has 0 aliphatic heterocycles. The third-order valence-corrected chi connectivity index (χ3v) is 5.71. The van der Waals surface area contributed by atoms with Gasteiger partial charge in [-0.3, -0.25) is 0 Å². The van der Waals surface area contributed by atoms with Crippen LogP contribution >= 0.6 is 0 Å². The van der Waals surface area contributed by atoms with E-state index < -0.39 is 21.5 Å². The van der Waals surface area contributed by atoms with Gasteiger partial charge in [0.1, 0.15) is 0 Å². The van der Waals surface area contributed by atoms with Crippen LogP contribution in [0.1, 0.15) is 39.9 Å². The molecule has 0 saturated heterocycles. The highest BCUT2D eigenvalue weighted by atomic mass is 32.2. The Morgan fingerprint density at radius 1 is 1.17 bits per heavy atom. The number of carboxylic acids is 1. The van der Waals surface area contributed by atoms with Crippen molar-refractivity contribution in [2.45, 2.75) is 31.1 Å². The van der Waals surface area contributed by atoms with Gasteiger partial charge in [0.15, 0.2) is 0 Å². The molecule has 2 aromatic carbocycles. The van der Waals surface area contributed by atoms with E-state index in [1.165, 1.54) is 12.1 Å². The van der Waals surface area contributed by atoms with E-state index in [1.807, 2.05) is 31.2 Å². The van der Waals surface area contributed by atoms with Crippen molar-refractivity contribution in [3.63, 3.8) is 0 Å². The van der Waals surface area contributed by atoms with E-state index in [0.29, 0.717) is 5.56 Å². The maximum absolute atomic E-state index is 12.6. The van der Waals surface area contributed by atoms with Crippen LogP contribution < -0.4 is 4.72 Å². The Morgan fingerprint density at radius 2 is 1.88 bits per heavy atom. The molecule has 2 aromatic rings. The Balaban J connectivity index is 1.81. The third-order valence-electron chi connectivity index (χ3n) is 4.29. The minimum Gasteiger partial charge on any atom is -0.478 e. The number of aryl methyl sites for hydroxylation is 1. The monoisotopic (exact) mass is 345 g/mol. The summed E-state index contributed by atoms with van der Waals surface area (Å²) in [6, 6.07) is 13.8. The highest BCUT2D eigenvalue weighted by molar-refractivity contribution is 7.88. The minimum absolute atomic E-state index is 0.0859. The summed E-state index contributed by atoms with van der Waals surface area (Å²) in [5.41, 5.74) is 2.10. The lowest BCUT2D eigenvalue weighted by atomic mass is 10.0. The van der Waals surface area contributed by atoms with Crippen LogP contribution in [-0.4, -0.2) is 19.5 Å². The molecule has 1 aliphatic carbocycles. The van der Waals surface area contributed by atoms with Crippen molar-refractivity contribution in [3.8, 4) is 0 Å². The Labute approximate surface area is 141 Å². The van der Waals surface area contributed by atoms with Crippen LogP contribution in [0.3, 0.4) is 0 Å². The van der Waals surface area contributed by atoms with Crippen molar-refractivity contribution in [2.75, 3.05) is 0 Å². The fraction of sp³-hybridized carbons (Fsp3) is 0.278. The SMILES string of the molecule is Cc1ccccc1C1(NS(=O)(=O)Cc2cccc(C(=O)O)c2)CC1. The van der Waals surface area contributed by atoms with Gasteiger partial charge in [-0.2, -0.15) is 0 Å².